The summed E-state index contributed by atoms with van der Waals surface area (Å²) in [6.07, 6.45) is 4.76. The Kier molecular flexibility index (Phi) is 6.95. The number of nitrogens with one attached hydrogen (secondary N) is 4. The summed E-state index contributed by atoms with van der Waals surface area (Å²) in [5, 5.41) is 5.89. The Labute approximate surface area is 200 Å². The fourth-order valence-corrected chi connectivity index (χ4v) is 4.90. The fourth-order valence-electron chi connectivity index (χ4n) is 3.14. The van der Waals surface area contributed by atoms with Crippen LogP contribution in [0.25, 0.3) is 32.6 Å². The molecule has 0 aliphatic rings. The van der Waals surface area contributed by atoms with Crippen molar-refractivity contribution in [2.45, 2.75) is 13.8 Å². The molecule has 3 heterocycles. The standard InChI is InChI=1S/C21H22N8O3S2/c1-3-22-20(30)28-21-27-17-10-13(9-15(18(17)33-21)16-7-5-6-8-23-16)14-11-24-19(25-12-14)29-34(31,32)26-4-2/h5-12,26H,3-4H2,1-2H3,(H,24,25,29)(H2,22,27,28,30). The minimum atomic E-state index is -3.73. The molecule has 1 aromatic carbocycles. The maximum atomic E-state index is 12.0. The molecule has 176 valence electrons. The molecular formula is C21H22N8O3S2. The van der Waals surface area contributed by atoms with Crippen LogP contribution in [0, 0.1) is 0 Å². The first-order valence-corrected chi connectivity index (χ1v) is 12.7. The second kappa shape index (κ2) is 10.1. The highest BCUT2D eigenvalue weighted by atomic mass is 32.2. The zero-order valence-corrected chi connectivity index (χ0v) is 20.0. The van der Waals surface area contributed by atoms with Crippen molar-refractivity contribution in [3.05, 3.63) is 48.9 Å². The lowest BCUT2D eigenvalue weighted by Crippen LogP contribution is -2.30. The molecule has 0 aliphatic heterocycles. The van der Waals surface area contributed by atoms with Gasteiger partial charge in [0.2, 0.25) is 5.95 Å². The van der Waals surface area contributed by atoms with E-state index in [1.165, 1.54) is 23.7 Å². The summed E-state index contributed by atoms with van der Waals surface area (Å²) in [6, 6.07) is 9.10. The average Bonchev–Trinajstić information content (AvgIpc) is 3.21. The normalized spacial score (nSPS) is 11.4. The molecule has 34 heavy (non-hydrogen) atoms. The molecule has 0 saturated heterocycles. The summed E-state index contributed by atoms with van der Waals surface area (Å²) < 4.78 is 29.2. The van der Waals surface area contributed by atoms with E-state index in [4.69, 9.17) is 0 Å². The molecule has 4 N–H and O–H groups in total. The smallest absolute Gasteiger partial charge is 0.321 e. The Hall–Kier alpha value is -3.68. The number of rotatable bonds is 8. The van der Waals surface area contributed by atoms with Gasteiger partial charge in [-0.15, -0.1) is 0 Å². The van der Waals surface area contributed by atoms with E-state index in [-0.39, 0.29) is 18.5 Å². The predicted octanol–water partition coefficient (Wildman–Crippen LogP) is 3.22. The lowest BCUT2D eigenvalue weighted by atomic mass is 10.0. The van der Waals surface area contributed by atoms with Gasteiger partial charge in [-0.3, -0.25) is 10.3 Å². The van der Waals surface area contributed by atoms with E-state index in [9.17, 15) is 13.2 Å². The van der Waals surface area contributed by atoms with Gasteiger partial charge >= 0.3 is 16.2 Å². The van der Waals surface area contributed by atoms with Crippen molar-refractivity contribution < 1.29 is 13.2 Å². The Morgan fingerprint density at radius 1 is 1.03 bits per heavy atom. The van der Waals surface area contributed by atoms with Crippen LogP contribution in [-0.4, -0.2) is 47.5 Å². The lowest BCUT2D eigenvalue weighted by molar-refractivity contribution is 0.252. The van der Waals surface area contributed by atoms with Crippen LogP contribution in [0.4, 0.5) is 15.9 Å². The van der Waals surface area contributed by atoms with Crippen molar-refractivity contribution in [2.24, 2.45) is 0 Å². The molecule has 3 aromatic heterocycles. The second-order valence-corrected chi connectivity index (χ2v) is 9.49. The van der Waals surface area contributed by atoms with Gasteiger partial charge in [0.15, 0.2) is 5.13 Å². The molecule has 0 fully saturated rings. The number of hydrogen-bond donors (Lipinski definition) is 4. The Bertz CT molecular complexity index is 1410. The quantitative estimate of drug-likeness (QED) is 0.291. The van der Waals surface area contributed by atoms with Gasteiger partial charge in [0.05, 0.1) is 15.9 Å². The lowest BCUT2D eigenvalue weighted by Gasteiger charge is -2.08. The molecule has 0 atom stereocenters. The van der Waals surface area contributed by atoms with E-state index in [1.54, 1.807) is 13.1 Å². The first-order chi connectivity index (χ1) is 16.4. The van der Waals surface area contributed by atoms with Gasteiger partial charge in [0, 0.05) is 42.8 Å². The van der Waals surface area contributed by atoms with Crippen molar-refractivity contribution in [3.8, 4) is 22.4 Å². The zero-order chi connectivity index (χ0) is 24.1. The van der Waals surface area contributed by atoms with Crippen LogP contribution in [-0.2, 0) is 10.2 Å². The van der Waals surface area contributed by atoms with E-state index < -0.39 is 10.2 Å². The number of amides is 2. The minimum Gasteiger partial charge on any atom is -0.338 e. The van der Waals surface area contributed by atoms with Crippen LogP contribution in [0.5, 0.6) is 0 Å². The number of carbonyl (C=O) groups is 1. The fraction of sp³-hybridized carbons (Fsp3) is 0.190. The third kappa shape index (κ3) is 5.44. The minimum absolute atomic E-state index is 0.0437. The van der Waals surface area contributed by atoms with Crippen LogP contribution in [0.15, 0.2) is 48.9 Å². The summed E-state index contributed by atoms with van der Waals surface area (Å²) in [7, 11) is -3.73. The highest BCUT2D eigenvalue weighted by molar-refractivity contribution is 7.90. The maximum Gasteiger partial charge on any atom is 0.321 e. The van der Waals surface area contributed by atoms with Crippen LogP contribution in [0.1, 0.15) is 13.8 Å². The van der Waals surface area contributed by atoms with Crippen LogP contribution in [0.3, 0.4) is 0 Å². The molecule has 2 amide bonds. The third-order valence-electron chi connectivity index (χ3n) is 4.53. The number of carbonyl (C=O) groups excluding carboxylic acids is 1. The van der Waals surface area contributed by atoms with E-state index in [0.29, 0.717) is 22.8 Å². The molecule has 4 aromatic rings. The van der Waals surface area contributed by atoms with Gasteiger partial charge in [-0.25, -0.2) is 24.5 Å². The molecule has 11 nitrogen and oxygen atoms in total. The maximum absolute atomic E-state index is 12.0. The SMILES string of the molecule is CCNC(=O)Nc1nc2cc(-c3cnc(NS(=O)(=O)NCC)nc3)cc(-c3ccccn3)c2s1. The summed E-state index contributed by atoms with van der Waals surface area (Å²) in [5.74, 6) is -0.0437. The van der Waals surface area contributed by atoms with Gasteiger partial charge in [-0.1, -0.05) is 24.3 Å². The Morgan fingerprint density at radius 2 is 1.82 bits per heavy atom. The first-order valence-electron chi connectivity index (χ1n) is 10.4. The number of thiazole rings is 1. The van der Waals surface area contributed by atoms with Gasteiger partial charge in [0.25, 0.3) is 0 Å². The number of fused-ring (bicyclic) bond motifs is 1. The number of pyridine rings is 1. The Morgan fingerprint density at radius 3 is 2.50 bits per heavy atom. The van der Waals surface area contributed by atoms with Gasteiger partial charge in [0.1, 0.15) is 0 Å². The van der Waals surface area contributed by atoms with Crippen LogP contribution < -0.4 is 20.1 Å². The number of benzene rings is 1. The third-order valence-corrected chi connectivity index (χ3v) is 6.67. The van der Waals surface area contributed by atoms with Crippen molar-refractivity contribution in [1.29, 1.82) is 0 Å². The molecule has 0 radical (unpaired) electrons. The van der Waals surface area contributed by atoms with E-state index in [0.717, 1.165) is 21.5 Å². The number of nitrogens with zero attached hydrogens (tertiary/aromatic N) is 4. The van der Waals surface area contributed by atoms with Crippen molar-refractivity contribution in [2.75, 3.05) is 23.1 Å². The summed E-state index contributed by atoms with van der Waals surface area (Å²) in [4.78, 5) is 29.3. The number of anilines is 2. The van der Waals surface area contributed by atoms with Crippen molar-refractivity contribution >= 4 is 48.9 Å². The first kappa shape index (κ1) is 23.5. The monoisotopic (exact) mass is 498 g/mol. The van der Waals surface area contributed by atoms with Gasteiger partial charge < -0.3 is 5.32 Å². The van der Waals surface area contributed by atoms with E-state index >= 15 is 0 Å². The van der Waals surface area contributed by atoms with Crippen LogP contribution >= 0.6 is 11.3 Å². The number of aromatic nitrogens is 4. The predicted molar refractivity (Wildman–Crippen MR) is 133 cm³/mol. The summed E-state index contributed by atoms with van der Waals surface area (Å²) in [5.41, 5.74) is 3.69. The van der Waals surface area contributed by atoms with E-state index in [1.807, 2.05) is 37.3 Å². The number of hydrogen-bond acceptors (Lipinski definition) is 8. The van der Waals surface area contributed by atoms with Crippen molar-refractivity contribution in [1.82, 2.24) is 30.0 Å². The highest BCUT2D eigenvalue weighted by Crippen LogP contribution is 2.38. The molecule has 0 bridgehead atoms. The molecule has 0 spiro atoms. The van der Waals surface area contributed by atoms with Crippen LogP contribution in [0.2, 0.25) is 0 Å². The molecule has 0 saturated carbocycles. The summed E-state index contributed by atoms with van der Waals surface area (Å²) in [6.45, 7) is 4.26. The summed E-state index contributed by atoms with van der Waals surface area (Å²) >= 11 is 1.35. The van der Waals surface area contributed by atoms with Gasteiger partial charge in [-0.05, 0) is 36.8 Å². The Balaban J connectivity index is 1.73. The van der Waals surface area contributed by atoms with Crippen molar-refractivity contribution in [3.63, 3.8) is 0 Å². The highest BCUT2D eigenvalue weighted by Gasteiger charge is 2.16. The molecular weight excluding hydrogens is 476 g/mol. The molecule has 13 heteroatoms. The molecule has 0 unspecified atom stereocenters. The molecule has 0 aliphatic carbocycles. The average molecular weight is 499 g/mol. The second-order valence-electron chi connectivity index (χ2n) is 6.99. The van der Waals surface area contributed by atoms with E-state index in [2.05, 4.69) is 40.0 Å². The zero-order valence-electron chi connectivity index (χ0n) is 18.4. The topological polar surface area (TPSA) is 151 Å². The van der Waals surface area contributed by atoms with Gasteiger partial charge in [-0.2, -0.15) is 13.1 Å². The largest absolute Gasteiger partial charge is 0.338 e. The number of urea groups is 1. The molecule has 4 rings (SSSR count).